The van der Waals surface area contributed by atoms with Crippen LogP contribution >= 0.6 is 36.8 Å². The molecule has 2 N–H and O–H groups in total. The summed E-state index contributed by atoms with van der Waals surface area (Å²) in [7, 11) is 20.0. The number of aryl methyl sites for hydroxylation is 4. The van der Waals surface area contributed by atoms with Crippen molar-refractivity contribution >= 4 is 36.8 Å². The van der Waals surface area contributed by atoms with Crippen molar-refractivity contribution in [2.24, 2.45) is 0 Å². The predicted octanol–water partition coefficient (Wildman–Crippen LogP) is 0.417. The van der Waals surface area contributed by atoms with E-state index in [2.05, 4.69) is 59.4 Å². The molecule has 0 aliphatic carbocycles. The van der Waals surface area contributed by atoms with Crippen molar-refractivity contribution in [3.8, 4) is 0 Å². The first kappa shape index (κ1) is 21.6. The van der Waals surface area contributed by atoms with Crippen molar-refractivity contribution in [3.63, 3.8) is 0 Å². The van der Waals surface area contributed by atoms with Crippen LogP contribution in [0.5, 0.6) is 0 Å². The predicted molar refractivity (Wildman–Crippen MR) is 79.7 cm³/mol. The Hall–Kier alpha value is 0.610. The first-order chi connectivity index (χ1) is 9.06. The molecular weight excluding hydrogens is 562 g/mol. The standard InChI is InChI=1S/C11H16N4.Au.5ClH/c1-8-5-10(3)14(12-8)7-15-11(4)6-9(2)13-15;;;;;;/h5-6H,7H2,1-4H3;;5*1H/q;+3;;;;;/p-3. The quantitative estimate of drug-likeness (QED) is 0.382. The number of halogens is 5. The number of nitrogens with one attached hydrogen (secondary N) is 2. The zero-order chi connectivity index (χ0) is 15.5. The first-order valence-electron chi connectivity index (χ1n) is 5.64. The fraction of sp³-hybridized carbons (Fsp3) is 0.455. The van der Waals surface area contributed by atoms with Crippen LogP contribution in [0.1, 0.15) is 22.8 Å². The molecule has 4 nitrogen and oxygen atoms in total. The Bertz CT molecular complexity index is 525. The summed E-state index contributed by atoms with van der Waals surface area (Å²) >= 11 is -3.00. The molecule has 0 radical (unpaired) electrons. The van der Waals surface area contributed by atoms with Crippen LogP contribution in [0, 0.1) is 27.7 Å². The van der Waals surface area contributed by atoms with E-state index < -0.39 is 12.8 Å². The molecule has 2 heterocycles. The van der Waals surface area contributed by atoms with Crippen molar-refractivity contribution in [2.75, 3.05) is 0 Å². The molecule has 2 rings (SSSR count). The third kappa shape index (κ3) is 8.72. The van der Waals surface area contributed by atoms with E-state index in [-0.39, 0.29) is 12.4 Å². The fourth-order valence-electron chi connectivity index (χ4n) is 1.88. The number of rotatable bonds is 2. The maximum absolute atomic E-state index is 5.00. The summed E-state index contributed by atoms with van der Waals surface area (Å²) in [4.78, 5) is 0. The van der Waals surface area contributed by atoms with Crippen molar-refractivity contribution < 1.29 is 34.6 Å². The summed E-state index contributed by atoms with van der Waals surface area (Å²) in [6.07, 6.45) is 0. The third-order valence-corrected chi connectivity index (χ3v) is 2.61. The van der Waals surface area contributed by atoms with E-state index in [9.17, 15) is 0 Å². The molecule has 0 aromatic carbocycles. The van der Waals surface area contributed by atoms with E-state index in [4.69, 9.17) is 36.8 Å². The molecule has 0 spiro atoms. The van der Waals surface area contributed by atoms with Gasteiger partial charge in [-0.3, -0.25) is 0 Å². The Morgan fingerprint density at radius 1 is 0.857 bits per heavy atom. The van der Waals surface area contributed by atoms with Gasteiger partial charge in [0.1, 0.15) is 0 Å². The minimum atomic E-state index is -3.00. The third-order valence-electron chi connectivity index (χ3n) is 2.61. The molecule has 0 aliphatic rings. The molecule has 0 saturated carbocycles. The van der Waals surface area contributed by atoms with Crippen molar-refractivity contribution in [1.29, 1.82) is 0 Å². The molecule has 2 aromatic heterocycles. The van der Waals surface area contributed by atoms with Gasteiger partial charge < -0.3 is 12.4 Å². The molecule has 0 bridgehead atoms. The van der Waals surface area contributed by atoms with Gasteiger partial charge in [-0.1, -0.05) is 9.36 Å². The molecule has 0 fully saturated rings. The second-order valence-corrected chi connectivity index (χ2v) is 23.2. The van der Waals surface area contributed by atoms with E-state index in [1.807, 2.05) is 0 Å². The summed E-state index contributed by atoms with van der Waals surface area (Å²) < 4.78 is 4.25. The maximum atomic E-state index is 5.00. The van der Waals surface area contributed by atoms with Crippen LogP contribution in [0.2, 0.25) is 0 Å². The summed E-state index contributed by atoms with van der Waals surface area (Å²) in [6.45, 7) is 9.16. The average Bonchev–Trinajstić information content (AvgIpc) is 2.68. The van der Waals surface area contributed by atoms with Crippen LogP contribution < -0.4 is 21.8 Å². The van der Waals surface area contributed by atoms with Gasteiger partial charge in [0, 0.05) is 26.0 Å². The van der Waals surface area contributed by atoms with Crippen LogP contribution in [-0.2, 0) is 19.5 Å². The average molecular weight is 581 g/mol. The monoisotopic (exact) mass is 578 g/mol. The Morgan fingerprint density at radius 2 is 1.14 bits per heavy atom. The van der Waals surface area contributed by atoms with Gasteiger partial charge in [0.25, 0.3) is 0 Å². The Labute approximate surface area is 149 Å². The fourth-order valence-corrected chi connectivity index (χ4v) is 1.88. The summed E-state index contributed by atoms with van der Waals surface area (Å²) in [5.41, 5.74) is 4.86. The van der Waals surface area contributed by atoms with Crippen molar-refractivity contribution in [3.05, 3.63) is 34.9 Å². The number of hydrogen-bond donors (Lipinski definition) is 2. The van der Waals surface area contributed by atoms with Crippen LogP contribution in [0.25, 0.3) is 0 Å². The molecule has 21 heavy (non-hydrogen) atoms. The molecular formula is C11H18AuCl5N4. The van der Waals surface area contributed by atoms with Crippen LogP contribution in [0.3, 0.4) is 0 Å². The van der Waals surface area contributed by atoms with Gasteiger partial charge in [-0.05, 0) is 13.8 Å². The molecule has 0 amide bonds. The number of hydrogen-bond acceptors (Lipinski definition) is 0. The van der Waals surface area contributed by atoms with E-state index in [0.717, 1.165) is 6.67 Å². The van der Waals surface area contributed by atoms with Crippen LogP contribution in [-0.4, -0.2) is 10.2 Å². The number of nitrogens with zero attached hydrogens (tertiary/aromatic N) is 2. The molecule has 0 saturated heterocycles. The molecule has 128 valence electrons. The zero-order valence-corrected chi connectivity index (χ0v) is 17.9. The first-order valence-corrected chi connectivity index (χ1v) is 16.4. The van der Waals surface area contributed by atoms with E-state index >= 15 is 0 Å². The van der Waals surface area contributed by atoms with Crippen LogP contribution in [0.15, 0.2) is 12.1 Å². The Balaban J connectivity index is 0.000000583. The minimum absolute atomic E-state index is 0. The summed E-state index contributed by atoms with van der Waals surface area (Å²) in [6, 6.07) is 4.29. The molecule has 0 atom stereocenters. The van der Waals surface area contributed by atoms with E-state index in [0.29, 0.717) is 0 Å². The van der Waals surface area contributed by atoms with Gasteiger partial charge in [-0.2, -0.15) is 10.2 Å². The second kappa shape index (κ2) is 9.04. The molecule has 2 aromatic rings. The van der Waals surface area contributed by atoms with Gasteiger partial charge in [0.15, 0.2) is 0 Å². The van der Waals surface area contributed by atoms with Crippen molar-refractivity contribution in [1.82, 2.24) is 10.2 Å². The van der Waals surface area contributed by atoms with Gasteiger partial charge in [0.05, 0.1) is 11.4 Å². The number of aromatic amines is 2. The molecule has 0 aliphatic heterocycles. The normalized spacial score (nSPS) is 11.4. The topological polar surface area (TPSA) is 39.3 Å². The SMILES string of the molecule is Cc1cc(C)[n+](C[n+]2[nH]c(C)cc2C)[nH]1.[Cl-].[Cl][Au-]([Cl])([Cl])[Cl]. The van der Waals surface area contributed by atoms with Gasteiger partial charge in [0.2, 0.25) is 11.4 Å². The van der Waals surface area contributed by atoms with Gasteiger partial charge in [-0.25, -0.2) is 0 Å². The summed E-state index contributed by atoms with van der Waals surface area (Å²) in [5, 5.41) is 6.61. The zero-order valence-electron chi connectivity index (χ0n) is 11.9. The van der Waals surface area contributed by atoms with E-state index in [1.54, 1.807) is 0 Å². The van der Waals surface area contributed by atoms with Gasteiger partial charge in [-0.15, -0.1) is 0 Å². The number of aromatic nitrogens is 4. The Kier molecular flexibility index (Phi) is 9.30. The summed E-state index contributed by atoms with van der Waals surface area (Å²) in [5.74, 6) is 0. The van der Waals surface area contributed by atoms with Gasteiger partial charge >= 0.3 is 56.2 Å². The number of H-pyrrole nitrogens is 2. The van der Waals surface area contributed by atoms with Crippen molar-refractivity contribution in [2.45, 2.75) is 34.4 Å². The second-order valence-electron chi connectivity index (χ2n) is 4.42. The van der Waals surface area contributed by atoms with Crippen LogP contribution in [0.4, 0.5) is 0 Å². The molecule has 10 heteroatoms. The molecule has 0 unspecified atom stereocenters. The Morgan fingerprint density at radius 3 is 1.33 bits per heavy atom. The van der Waals surface area contributed by atoms with E-state index in [1.165, 1.54) is 22.8 Å².